The molecular weight excluding hydrogens is 240 g/mol. The van der Waals surface area contributed by atoms with Gasteiger partial charge in [-0.1, -0.05) is 25.1 Å². The molecule has 1 saturated heterocycles. The molecule has 0 aliphatic carbocycles. The summed E-state index contributed by atoms with van der Waals surface area (Å²) in [6.07, 6.45) is 1.26. The van der Waals surface area contributed by atoms with E-state index >= 15 is 0 Å². The van der Waals surface area contributed by atoms with Crippen LogP contribution in [0, 0.1) is 0 Å². The van der Waals surface area contributed by atoms with Gasteiger partial charge < -0.3 is 5.32 Å². The summed E-state index contributed by atoms with van der Waals surface area (Å²) in [7, 11) is 0. The van der Waals surface area contributed by atoms with Crippen molar-refractivity contribution in [3.63, 3.8) is 0 Å². The molecule has 3 heteroatoms. The van der Waals surface area contributed by atoms with Gasteiger partial charge in [0.15, 0.2) is 0 Å². The molecule has 0 spiro atoms. The van der Waals surface area contributed by atoms with Gasteiger partial charge in [0.25, 0.3) is 0 Å². The molecule has 18 heavy (non-hydrogen) atoms. The summed E-state index contributed by atoms with van der Waals surface area (Å²) >= 11 is 2.03. The third-order valence-corrected chi connectivity index (χ3v) is 5.29. The molecule has 1 fully saturated rings. The van der Waals surface area contributed by atoms with Crippen LogP contribution in [0.4, 0.5) is 0 Å². The van der Waals surface area contributed by atoms with Crippen LogP contribution in [-0.4, -0.2) is 42.9 Å². The molecule has 2 nitrogen and oxygen atoms in total. The first kappa shape index (κ1) is 12.5. The summed E-state index contributed by atoms with van der Waals surface area (Å²) in [4.78, 5) is 4.20. The van der Waals surface area contributed by atoms with E-state index in [1.165, 1.54) is 43.2 Å². The minimum absolute atomic E-state index is 0.735. The van der Waals surface area contributed by atoms with Crippen molar-refractivity contribution >= 4 is 11.8 Å². The average molecular weight is 262 g/mol. The maximum atomic E-state index is 3.40. The molecule has 0 bridgehead atoms. The Hall–Kier alpha value is -0.510. The van der Waals surface area contributed by atoms with Gasteiger partial charge in [-0.05, 0) is 24.6 Å². The van der Waals surface area contributed by atoms with E-state index in [9.17, 15) is 0 Å². The number of nitrogens with one attached hydrogen (secondary N) is 1. The van der Waals surface area contributed by atoms with Crippen molar-refractivity contribution in [1.82, 2.24) is 10.2 Å². The Morgan fingerprint density at radius 1 is 1.33 bits per heavy atom. The van der Waals surface area contributed by atoms with E-state index in [4.69, 9.17) is 0 Å². The summed E-state index contributed by atoms with van der Waals surface area (Å²) in [5, 5.41) is 3.40. The third-order valence-electron chi connectivity index (χ3n) is 4.04. The number of rotatable bonds is 5. The van der Waals surface area contributed by atoms with E-state index < -0.39 is 0 Å². The quantitative estimate of drug-likeness (QED) is 0.878. The molecule has 0 amide bonds. The zero-order valence-corrected chi connectivity index (χ0v) is 11.9. The summed E-state index contributed by atoms with van der Waals surface area (Å²) < 4.78 is 0. The fraction of sp³-hybridized carbons (Fsp3) is 0.600. The van der Waals surface area contributed by atoms with Crippen LogP contribution in [0.25, 0.3) is 0 Å². The minimum Gasteiger partial charge on any atom is -0.314 e. The van der Waals surface area contributed by atoms with Gasteiger partial charge >= 0.3 is 0 Å². The first-order valence-corrected chi connectivity index (χ1v) is 8.03. The van der Waals surface area contributed by atoms with Crippen LogP contribution in [0.1, 0.15) is 24.8 Å². The second kappa shape index (κ2) is 5.64. The number of thioether (sulfide) groups is 1. The van der Waals surface area contributed by atoms with Crippen molar-refractivity contribution in [2.45, 2.75) is 30.2 Å². The molecule has 0 aromatic heterocycles. The standard InChI is InChI=1S/C15H22N2S/c1-2-7-17(13-8-16-9-13)10-12-11-18-15-6-4-3-5-14(12)15/h3-6,12-13,16H,2,7-11H2,1H3. The van der Waals surface area contributed by atoms with Crippen LogP contribution in [0.5, 0.6) is 0 Å². The highest BCUT2D eigenvalue weighted by Crippen LogP contribution is 2.39. The first-order valence-electron chi connectivity index (χ1n) is 7.05. The van der Waals surface area contributed by atoms with Crippen LogP contribution in [0.2, 0.25) is 0 Å². The van der Waals surface area contributed by atoms with Crippen LogP contribution in [0.3, 0.4) is 0 Å². The molecule has 0 saturated carbocycles. The van der Waals surface area contributed by atoms with Crippen LogP contribution in [-0.2, 0) is 0 Å². The lowest BCUT2D eigenvalue weighted by molar-refractivity contribution is 0.139. The predicted octanol–water partition coefficient (Wildman–Crippen LogP) is 2.56. The summed E-state index contributed by atoms with van der Waals surface area (Å²) in [6, 6.07) is 9.72. The molecule has 98 valence electrons. The zero-order chi connectivity index (χ0) is 12.4. The molecule has 1 unspecified atom stereocenters. The fourth-order valence-electron chi connectivity index (χ4n) is 2.91. The maximum Gasteiger partial charge on any atom is 0.0345 e. The SMILES string of the molecule is CCCN(CC1CSc2ccccc21)C1CNC1. The van der Waals surface area contributed by atoms with Crippen LogP contribution >= 0.6 is 11.8 Å². The number of hydrogen-bond acceptors (Lipinski definition) is 3. The molecule has 2 aliphatic rings. The zero-order valence-electron chi connectivity index (χ0n) is 11.1. The lowest BCUT2D eigenvalue weighted by Crippen LogP contribution is -2.58. The Balaban J connectivity index is 1.68. The summed E-state index contributed by atoms with van der Waals surface area (Å²) in [6.45, 7) is 7.14. The summed E-state index contributed by atoms with van der Waals surface area (Å²) in [5.74, 6) is 2.00. The smallest absolute Gasteiger partial charge is 0.0345 e. The van der Waals surface area contributed by atoms with Crippen molar-refractivity contribution in [1.29, 1.82) is 0 Å². The minimum atomic E-state index is 0.735. The molecule has 1 aromatic rings. The molecular formula is C15H22N2S. The number of benzene rings is 1. The van der Waals surface area contributed by atoms with E-state index in [1.54, 1.807) is 5.56 Å². The van der Waals surface area contributed by atoms with Gasteiger partial charge in [-0.15, -0.1) is 11.8 Å². The Bertz CT molecular complexity index is 403. The highest BCUT2D eigenvalue weighted by Gasteiger charge is 2.29. The van der Waals surface area contributed by atoms with Crippen LogP contribution in [0.15, 0.2) is 29.2 Å². The molecule has 3 rings (SSSR count). The van der Waals surface area contributed by atoms with Crippen molar-refractivity contribution in [2.75, 3.05) is 31.9 Å². The monoisotopic (exact) mass is 262 g/mol. The van der Waals surface area contributed by atoms with Gasteiger partial charge in [-0.2, -0.15) is 0 Å². The molecule has 0 radical (unpaired) electrons. The van der Waals surface area contributed by atoms with E-state index in [0.717, 1.165) is 12.0 Å². The van der Waals surface area contributed by atoms with E-state index in [0.29, 0.717) is 0 Å². The Labute approximate surface area is 114 Å². The second-order valence-electron chi connectivity index (χ2n) is 5.35. The first-order chi connectivity index (χ1) is 8.88. The molecule has 2 heterocycles. The Morgan fingerprint density at radius 3 is 2.89 bits per heavy atom. The van der Waals surface area contributed by atoms with Gasteiger partial charge in [-0.3, -0.25) is 4.90 Å². The Morgan fingerprint density at radius 2 is 2.17 bits per heavy atom. The number of fused-ring (bicyclic) bond motifs is 1. The second-order valence-corrected chi connectivity index (χ2v) is 6.41. The van der Waals surface area contributed by atoms with Crippen molar-refractivity contribution in [3.05, 3.63) is 29.8 Å². The average Bonchev–Trinajstić information content (AvgIpc) is 2.71. The largest absolute Gasteiger partial charge is 0.314 e. The highest BCUT2D eigenvalue weighted by atomic mass is 32.2. The predicted molar refractivity (Wildman–Crippen MR) is 78.4 cm³/mol. The van der Waals surface area contributed by atoms with Gasteiger partial charge in [0.2, 0.25) is 0 Å². The van der Waals surface area contributed by atoms with Gasteiger partial charge in [-0.25, -0.2) is 0 Å². The maximum absolute atomic E-state index is 3.40. The lowest BCUT2D eigenvalue weighted by atomic mass is 9.99. The van der Waals surface area contributed by atoms with E-state index in [2.05, 4.69) is 41.4 Å². The topological polar surface area (TPSA) is 15.3 Å². The lowest BCUT2D eigenvalue weighted by Gasteiger charge is -2.39. The number of hydrogen-bond donors (Lipinski definition) is 1. The van der Waals surface area contributed by atoms with Gasteiger partial charge in [0, 0.05) is 42.2 Å². The molecule has 1 N–H and O–H groups in total. The summed E-state index contributed by atoms with van der Waals surface area (Å²) in [5.41, 5.74) is 1.58. The van der Waals surface area contributed by atoms with Crippen molar-refractivity contribution in [2.24, 2.45) is 0 Å². The van der Waals surface area contributed by atoms with Crippen molar-refractivity contribution in [3.8, 4) is 0 Å². The fourth-order valence-corrected chi connectivity index (χ4v) is 4.15. The number of nitrogens with zero attached hydrogens (tertiary/aromatic N) is 1. The van der Waals surface area contributed by atoms with Gasteiger partial charge in [0.1, 0.15) is 0 Å². The highest BCUT2D eigenvalue weighted by molar-refractivity contribution is 7.99. The molecule has 2 aliphatic heterocycles. The Kier molecular flexibility index (Phi) is 3.92. The van der Waals surface area contributed by atoms with Crippen molar-refractivity contribution < 1.29 is 0 Å². The van der Waals surface area contributed by atoms with Gasteiger partial charge in [0.05, 0.1) is 0 Å². The molecule has 1 aromatic carbocycles. The van der Waals surface area contributed by atoms with Crippen LogP contribution < -0.4 is 5.32 Å². The normalized spacial score (nSPS) is 23.1. The van der Waals surface area contributed by atoms with E-state index in [-0.39, 0.29) is 0 Å². The third kappa shape index (κ3) is 2.44. The van der Waals surface area contributed by atoms with E-state index in [1.807, 2.05) is 11.8 Å². The molecule has 1 atom stereocenters.